The first-order chi connectivity index (χ1) is 12.5. The molecule has 1 N–H and O–H groups in total. The molecule has 0 saturated carbocycles. The van der Waals surface area contributed by atoms with Crippen LogP contribution in [0.2, 0.25) is 0 Å². The lowest BCUT2D eigenvalue weighted by atomic mass is 10.0. The molecule has 0 aliphatic heterocycles. The van der Waals surface area contributed by atoms with Gasteiger partial charge in [-0.05, 0) is 54.3 Å². The summed E-state index contributed by atoms with van der Waals surface area (Å²) in [6, 6.07) is 16.8. The third-order valence-corrected chi connectivity index (χ3v) is 4.26. The molecule has 0 fully saturated rings. The number of furan rings is 1. The van der Waals surface area contributed by atoms with Gasteiger partial charge in [0.15, 0.2) is 0 Å². The van der Waals surface area contributed by atoms with Gasteiger partial charge in [0, 0.05) is 5.56 Å². The molecule has 4 heteroatoms. The van der Waals surface area contributed by atoms with Crippen molar-refractivity contribution in [3.05, 3.63) is 77.0 Å². The van der Waals surface area contributed by atoms with E-state index in [1.807, 2.05) is 37.3 Å². The lowest BCUT2D eigenvalue weighted by Crippen LogP contribution is -1.96. The van der Waals surface area contributed by atoms with Gasteiger partial charge >= 0.3 is 5.97 Å². The van der Waals surface area contributed by atoms with Crippen molar-refractivity contribution in [1.82, 2.24) is 0 Å². The van der Waals surface area contributed by atoms with Crippen molar-refractivity contribution >= 4 is 17.9 Å². The zero-order valence-corrected chi connectivity index (χ0v) is 15.1. The minimum Gasteiger partial charge on any atom is -0.478 e. The Kier molecular flexibility index (Phi) is 5.03. The van der Waals surface area contributed by atoms with Gasteiger partial charge in [-0.3, -0.25) is 4.99 Å². The van der Waals surface area contributed by atoms with Crippen LogP contribution in [0.15, 0.2) is 64.0 Å². The smallest absolute Gasteiger partial charge is 0.335 e. The number of aromatic carboxylic acids is 1. The fraction of sp³-hybridized carbons (Fsp3) is 0.182. The summed E-state index contributed by atoms with van der Waals surface area (Å²) in [5.41, 5.74) is 4.12. The number of hydrogen-bond acceptors (Lipinski definition) is 3. The highest BCUT2D eigenvalue weighted by Gasteiger charge is 2.10. The number of nitrogens with zero attached hydrogens (tertiary/aromatic N) is 1. The average Bonchev–Trinajstić information content (AvgIpc) is 3.08. The standard InChI is InChI=1S/C22H21NO3/c1-14(2)18-6-4-5-7-20(18)23-13-17-9-11-21(26-17)19-10-8-16(22(24)25)12-15(19)3/h4-14H,1-3H3,(H,24,25). The van der Waals surface area contributed by atoms with E-state index in [2.05, 4.69) is 24.9 Å². The topological polar surface area (TPSA) is 62.8 Å². The third-order valence-electron chi connectivity index (χ3n) is 4.26. The Morgan fingerprint density at radius 2 is 1.88 bits per heavy atom. The molecule has 2 aromatic carbocycles. The highest BCUT2D eigenvalue weighted by atomic mass is 16.4. The van der Waals surface area contributed by atoms with Crippen LogP contribution in [0.5, 0.6) is 0 Å². The first-order valence-electron chi connectivity index (χ1n) is 8.53. The zero-order valence-electron chi connectivity index (χ0n) is 15.1. The second-order valence-electron chi connectivity index (χ2n) is 6.51. The van der Waals surface area contributed by atoms with Gasteiger partial charge in [-0.1, -0.05) is 38.1 Å². The van der Waals surface area contributed by atoms with Crippen molar-refractivity contribution in [1.29, 1.82) is 0 Å². The molecular formula is C22H21NO3. The number of aryl methyl sites for hydroxylation is 1. The van der Waals surface area contributed by atoms with E-state index >= 15 is 0 Å². The molecule has 0 unspecified atom stereocenters. The maximum atomic E-state index is 11.1. The first kappa shape index (κ1) is 17.7. The SMILES string of the molecule is Cc1cc(C(=O)O)ccc1-c1ccc(C=Nc2ccccc2C(C)C)o1. The lowest BCUT2D eigenvalue weighted by molar-refractivity contribution is 0.0697. The van der Waals surface area contributed by atoms with E-state index in [1.54, 1.807) is 24.4 Å². The zero-order chi connectivity index (χ0) is 18.7. The van der Waals surface area contributed by atoms with E-state index in [0.717, 1.165) is 16.8 Å². The number of carboxylic acid groups (broad SMARTS) is 1. The Morgan fingerprint density at radius 3 is 2.58 bits per heavy atom. The summed E-state index contributed by atoms with van der Waals surface area (Å²) < 4.78 is 5.88. The molecule has 0 radical (unpaired) electrons. The molecule has 3 aromatic rings. The van der Waals surface area contributed by atoms with Crippen molar-refractivity contribution in [2.45, 2.75) is 26.7 Å². The van der Waals surface area contributed by atoms with Crippen LogP contribution in [0.1, 0.15) is 47.0 Å². The van der Waals surface area contributed by atoms with Crippen LogP contribution in [0, 0.1) is 6.92 Å². The number of aliphatic imine (C=N–C) groups is 1. The quantitative estimate of drug-likeness (QED) is 0.591. The van der Waals surface area contributed by atoms with Gasteiger partial charge in [0.1, 0.15) is 11.5 Å². The van der Waals surface area contributed by atoms with Gasteiger partial charge in [0.25, 0.3) is 0 Å². The molecule has 0 aliphatic rings. The largest absolute Gasteiger partial charge is 0.478 e. The maximum Gasteiger partial charge on any atom is 0.335 e. The van der Waals surface area contributed by atoms with Crippen molar-refractivity contribution in [3.63, 3.8) is 0 Å². The summed E-state index contributed by atoms with van der Waals surface area (Å²) in [6.07, 6.45) is 1.71. The molecule has 0 atom stereocenters. The van der Waals surface area contributed by atoms with E-state index in [0.29, 0.717) is 17.4 Å². The van der Waals surface area contributed by atoms with E-state index in [1.165, 1.54) is 5.56 Å². The predicted octanol–water partition coefficient (Wildman–Crippen LogP) is 5.83. The van der Waals surface area contributed by atoms with Gasteiger partial charge in [0.2, 0.25) is 0 Å². The number of hydrogen-bond donors (Lipinski definition) is 1. The Bertz CT molecular complexity index is 967. The van der Waals surface area contributed by atoms with Crippen LogP contribution in [-0.4, -0.2) is 17.3 Å². The fourth-order valence-corrected chi connectivity index (χ4v) is 2.87. The molecule has 0 saturated heterocycles. The second kappa shape index (κ2) is 7.40. The summed E-state index contributed by atoms with van der Waals surface area (Å²) in [5.74, 6) is 0.806. The highest BCUT2D eigenvalue weighted by Crippen LogP contribution is 2.28. The molecule has 0 aliphatic carbocycles. The summed E-state index contributed by atoms with van der Waals surface area (Å²) in [7, 11) is 0. The molecule has 0 bridgehead atoms. The Labute approximate surface area is 152 Å². The molecule has 26 heavy (non-hydrogen) atoms. The summed E-state index contributed by atoms with van der Waals surface area (Å²) in [4.78, 5) is 15.6. The van der Waals surface area contributed by atoms with E-state index in [-0.39, 0.29) is 5.56 Å². The van der Waals surface area contributed by atoms with Crippen molar-refractivity contribution in [2.75, 3.05) is 0 Å². The highest BCUT2D eigenvalue weighted by molar-refractivity contribution is 5.89. The van der Waals surface area contributed by atoms with Crippen LogP contribution < -0.4 is 0 Å². The van der Waals surface area contributed by atoms with E-state index in [4.69, 9.17) is 9.52 Å². The molecule has 3 rings (SSSR count). The Morgan fingerprint density at radius 1 is 1.12 bits per heavy atom. The molecular weight excluding hydrogens is 326 g/mol. The molecule has 132 valence electrons. The minimum absolute atomic E-state index is 0.268. The van der Waals surface area contributed by atoms with Gasteiger partial charge in [-0.15, -0.1) is 0 Å². The molecule has 1 aromatic heterocycles. The number of carboxylic acids is 1. The number of rotatable bonds is 5. The van der Waals surface area contributed by atoms with Gasteiger partial charge in [-0.2, -0.15) is 0 Å². The Balaban J connectivity index is 1.86. The summed E-state index contributed by atoms with van der Waals surface area (Å²) in [6.45, 7) is 6.16. The molecule has 0 amide bonds. The average molecular weight is 347 g/mol. The monoisotopic (exact) mass is 347 g/mol. The van der Waals surface area contributed by atoms with Crippen LogP contribution in [0.25, 0.3) is 11.3 Å². The minimum atomic E-state index is -0.935. The third kappa shape index (κ3) is 3.75. The van der Waals surface area contributed by atoms with E-state index in [9.17, 15) is 4.79 Å². The number of para-hydroxylation sites is 1. The van der Waals surface area contributed by atoms with Gasteiger partial charge in [0.05, 0.1) is 17.5 Å². The first-order valence-corrected chi connectivity index (χ1v) is 8.53. The van der Waals surface area contributed by atoms with Crippen LogP contribution >= 0.6 is 0 Å². The number of benzene rings is 2. The fourth-order valence-electron chi connectivity index (χ4n) is 2.87. The van der Waals surface area contributed by atoms with Crippen molar-refractivity contribution in [3.8, 4) is 11.3 Å². The second-order valence-corrected chi connectivity index (χ2v) is 6.51. The summed E-state index contributed by atoms with van der Waals surface area (Å²) in [5, 5.41) is 9.07. The van der Waals surface area contributed by atoms with Crippen LogP contribution in [0.4, 0.5) is 5.69 Å². The molecule has 4 nitrogen and oxygen atoms in total. The molecule has 0 spiro atoms. The normalized spacial score (nSPS) is 11.4. The van der Waals surface area contributed by atoms with Gasteiger partial charge < -0.3 is 9.52 Å². The van der Waals surface area contributed by atoms with E-state index < -0.39 is 5.97 Å². The summed E-state index contributed by atoms with van der Waals surface area (Å²) >= 11 is 0. The molecule has 1 heterocycles. The van der Waals surface area contributed by atoms with Crippen LogP contribution in [-0.2, 0) is 0 Å². The Hall–Kier alpha value is -3.14. The predicted molar refractivity (Wildman–Crippen MR) is 104 cm³/mol. The maximum absolute atomic E-state index is 11.1. The lowest BCUT2D eigenvalue weighted by Gasteiger charge is -2.08. The van der Waals surface area contributed by atoms with Gasteiger partial charge in [-0.25, -0.2) is 4.79 Å². The van der Waals surface area contributed by atoms with Crippen molar-refractivity contribution < 1.29 is 14.3 Å². The number of carbonyl (C=O) groups is 1. The van der Waals surface area contributed by atoms with Crippen molar-refractivity contribution in [2.24, 2.45) is 4.99 Å². The van der Waals surface area contributed by atoms with Crippen LogP contribution in [0.3, 0.4) is 0 Å².